The van der Waals surface area contributed by atoms with E-state index in [1.807, 2.05) is 60.6 Å². The van der Waals surface area contributed by atoms with Crippen molar-refractivity contribution in [3.8, 4) is 0 Å². The van der Waals surface area contributed by atoms with Gasteiger partial charge in [0.2, 0.25) is 0 Å². The Morgan fingerprint density at radius 1 is 0.893 bits per heavy atom. The van der Waals surface area contributed by atoms with E-state index in [4.69, 9.17) is 0 Å². The number of nitrogens with one attached hydrogen (secondary N) is 1. The topological polar surface area (TPSA) is 61.8 Å². The number of allylic oxidation sites excluding steroid dienone is 1. The molecule has 4 rings (SSSR count). The van der Waals surface area contributed by atoms with Gasteiger partial charge in [0.05, 0.1) is 16.3 Å². The molecule has 1 aliphatic rings. The molecule has 0 radical (unpaired) electrons. The fourth-order valence-corrected chi connectivity index (χ4v) is 4.15. The molecule has 0 spiro atoms. The zero-order valence-electron chi connectivity index (χ0n) is 15.3. The molecule has 140 valence electrons. The first-order valence-corrected chi connectivity index (χ1v) is 10.3. The molecule has 0 bridgehead atoms. The number of fused-ring (bicyclic) bond motifs is 1. The lowest BCUT2D eigenvalue weighted by atomic mass is 10.1. The Kier molecular flexibility index (Phi) is 4.71. The summed E-state index contributed by atoms with van der Waals surface area (Å²) < 4.78 is 28.4. The lowest BCUT2D eigenvalue weighted by Crippen LogP contribution is -2.14. The Labute approximate surface area is 164 Å². The minimum atomic E-state index is -3.68. The second-order valence-electron chi connectivity index (χ2n) is 6.44. The van der Waals surface area contributed by atoms with E-state index in [9.17, 15) is 8.42 Å². The number of anilines is 2. The van der Waals surface area contributed by atoms with Crippen molar-refractivity contribution in [2.45, 2.75) is 11.8 Å². The highest BCUT2D eigenvalue weighted by molar-refractivity contribution is 7.92. The van der Waals surface area contributed by atoms with Crippen LogP contribution in [0.15, 0.2) is 95.2 Å². The van der Waals surface area contributed by atoms with E-state index < -0.39 is 10.0 Å². The number of hydrogen-bond acceptors (Lipinski definition) is 4. The molecule has 0 unspecified atom stereocenters. The molecule has 0 fully saturated rings. The Hall–Kier alpha value is -3.38. The summed E-state index contributed by atoms with van der Waals surface area (Å²) in [5.74, 6) is 0. The highest BCUT2D eigenvalue weighted by atomic mass is 32.2. The van der Waals surface area contributed by atoms with Crippen LogP contribution in [0.4, 0.5) is 11.4 Å². The van der Waals surface area contributed by atoms with Crippen LogP contribution in [-0.2, 0) is 10.0 Å². The van der Waals surface area contributed by atoms with Crippen molar-refractivity contribution in [3.63, 3.8) is 0 Å². The monoisotopic (exact) mass is 389 g/mol. The lowest BCUT2D eigenvalue weighted by Gasteiger charge is -2.19. The standard InChI is InChI=1S/C22H19N3O2S/c1-17-7-9-18(10-8-17)28(26,27)24-21-11-12-22(20-6-3-2-5-19(20)21)25-15-4-13-23-14-16-25/h2-16,24H,1H3. The van der Waals surface area contributed by atoms with E-state index in [0.717, 1.165) is 22.0 Å². The summed E-state index contributed by atoms with van der Waals surface area (Å²) >= 11 is 0. The van der Waals surface area contributed by atoms with Gasteiger partial charge >= 0.3 is 0 Å². The lowest BCUT2D eigenvalue weighted by molar-refractivity contribution is 0.601. The van der Waals surface area contributed by atoms with E-state index in [-0.39, 0.29) is 4.90 Å². The fraction of sp³-hybridized carbons (Fsp3) is 0.0455. The predicted molar refractivity (Wildman–Crippen MR) is 115 cm³/mol. The van der Waals surface area contributed by atoms with Crippen LogP contribution in [0.1, 0.15) is 5.56 Å². The van der Waals surface area contributed by atoms with Crippen molar-refractivity contribution in [3.05, 3.63) is 90.9 Å². The molecule has 3 aromatic carbocycles. The largest absolute Gasteiger partial charge is 0.322 e. The van der Waals surface area contributed by atoms with E-state index in [2.05, 4.69) is 9.71 Å². The second kappa shape index (κ2) is 7.32. The zero-order chi connectivity index (χ0) is 19.6. The highest BCUT2D eigenvalue weighted by Gasteiger charge is 2.17. The minimum Gasteiger partial charge on any atom is -0.322 e. The molecule has 0 atom stereocenters. The van der Waals surface area contributed by atoms with Gasteiger partial charge in [0, 0.05) is 35.6 Å². The van der Waals surface area contributed by atoms with Gasteiger partial charge in [-0.25, -0.2) is 8.42 Å². The molecule has 3 aromatic rings. The van der Waals surface area contributed by atoms with Crippen LogP contribution in [-0.4, -0.2) is 14.6 Å². The maximum absolute atomic E-state index is 12.8. The SMILES string of the molecule is Cc1ccc(S(=O)(=O)Nc2ccc(N3C=CC=NC=C3)c3ccccc23)cc1. The first-order valence-electron chi connectivity index (χ1n) is 8.81. The van der Waals surface area contributed by atoms with Crippen LogP contribution in [0.3, 0.4) is 0 Å². The average Bonchev–Trinajstić information content (AvgIpc) is 2.98. The van der Waals surface area contributed by atoms with E-state index in [1.54, 1.807) is 42.7 Å². The third-order valence-corrected chi connectivity index (χ3v) is 5.87. The minimum absolute atomic E-state index is 0.238. The first kappa shape index (κ1) is 18.0. The maximum Gasteiger partial charge on any atom is 0.261 e. The van der Waals surface area contributed by atoms with Gasteiger partial charge in [0.25, 0.3) is 10.0 Å². The number of aryl methyl sites for hydroxylation is 1. The molecule has 0 aliphatic carbocycles. The molecular weight excluding hydrogens is 370 g/mol. The number of sulfonamides is 1. The van der Waals surface area contributed by atoms with Crippen molar-refractivity contribution >= 4 is 38.4 Å². The summed E-state index contributed by atoms with van der Waals surface area (Å²) in [4.78, 5) is 6.30. The zero-order valence-corrected chi connectivity index (χ0v) is 16.1. The van der Waals surface area contributed by atoms with E-state index in [1.165, 1.54) is 0 Å². The average molecular weight is 389 g/mol. The molecule has 0 aromatic heterocycles. The Balaban J connectivity index is 1.77. The van der Waals surface area contributed by atoms with Crippen molar-refractivity contribution in [2.24, 2.45) is 4.99 Å². The summed E-state index contributed by atoms with van der Waals surface area (Å²) in [5.41, 5.74) is 2.49. The summed E-state index contributed by atoms with van der Waals surface area (Å²) in [6.07, 6.45) is 9.04. The summed E-state index contributed by atoms with van der Waals surface area (Å²) in [6, 6.07) is 18.2. The van der Waals surface area contributed by atoms with Crippen molar-refractivity contribution in [1.29, 1.82) is 0 Å². The number of benzene rings is 3. The van der Waals surface area contributed by atoms with Crippen molar-refractivity contribution in [1.82, 2.24) is 0 Å². The van der Waals surface area contributed by atoms with E-state index >= 15 is 0 Å². The van der Waals surface area contributed by atoms with Crippen LogP contribution in [0.2, 0.25) is 0 Å². The Morgan fingerprint density at radius 3 is 2.43 bits per heavy atom. The Morgan fingerprint density at radius 2 is 1.64 bits per heavy atom. The van der Waals surface area contributed by atoms with Crippen LogP contribution in [0.5, 0.6) is 0 Å². The number of nitrogens with zero attached hydrogens (tertiary/aromatic N) is 2. The quantitative estimate of drug-likeness (QED) is 0.695. The molecule has 0 saturated carbocycles. The third-order valence-electron chi connectivity index (χ3n) is 4.49. The van der Waals surface area contributed by atoms with Gasteiger partial charge in [-0.2, -0.15) is 0 Å². The van der Waals surface area contributed by atoms with Gasteiger partial charge in [-0.3, -0.25) is 9.71 Å². The number of aliphatic imine (C=N–C) groups is 1. The molecule has 0 amide bonds. The van der Waals surface area contributed by atoms with Gasteiger partial charge in [0.15, 0.2) is 0 Å². The van der Waals surface area contributed by atoms with Gasteiger partial charge in [0.1, 0.15) is 0 Å². The second-order valence-corrected chi connectivity index (χ2v) is 8.12. The van der Waals surface area contributed by atoms with Crippen LogP contribution in [0, 0.1) is 6.92 Å². The van der Waals surface area contributed by atoms with Gasteiger partial charge in [-0.1, -0.05) is 42.0 Å². The molecule has 1 aliphatic heterocycles. The molecule has 5 nitrogen and oxygen atoms in total. The summed E-state index contributed by atoms with van der Waals surface area (Å²) in [6.45, 7) is 1.92. The molecule has 1 heterocycles. The normalized spacial score (nSPS) is 13.7. The number of hydrogen-bond donors (Lipinski definition) is 1. The Bertz CT molecular complexity index is 1190. The van der Waals surface area contributed by atoms with E-state index in [0.29, 0.717) is 5.69 Å². The molecule has 1 N–H and O–H groups in total. The number of rotatable bonds is 4. The molecule has 6 heteroatoms. The van der Waals surface area contributed by atoms with Gasteiger partial charge < -0.3 is 4.90 Å². The summed E-state index contributed by atoms with van der Waals surface area (Å²) in [5, 5.41) is 1.76. The van der Waals surface area contributed by atoms with Crippen molar-refractivity contribution < 1.29 is 8.42 Å². The fourth-order valence-electron chi connectivity index (χ4n) is 3.07. The molecular formula is C22H19N3O2S. The highest BCUT2D eigenvalue weighted by Crippen LogP contribution is 2.34. The predicted octanol–water partition coefficient (Wildman–Crippen LogP) is 4.82. The molecule has 28 heavy (non-hydrogen) atoms. The smallest absolute Gasteiger partial charge is 0.261 e. The molecule has 0 saturated heterocycles. The van der Waals surface area contributed by atoms with Gasteiger partial charge in [-0.05, 0) is 37.3 Å². The van der Waals surface area contributed by atoms with Crippen molar-refractivity contribution in [2.75, 3.05) is 9.62 Å². The third kappa shape index (κ3) is 3.54. The van der Waals surface area contributed by atoms with Crippen LogP contribution in [0.25, 0.3) is 10.8 Å². The maximum atomic E-state index is 12.8. The van der Waals surface area contributed by atoms with Crippen LogP contribution >= 0.6 is 0 Å². The van der Waals surface area contributed by atoms with Crippen LogP contribution < -0.4 is 9.62 Å². The summed E-state index contributed by atoms with van der Waals surface area (Å²) in [7, 11) is -3.68. The first-order chi connectivity index (χ1) is 13.5. The van der Waals surface area contributed by atoms with Gasteiger partial charge in [-0.15, -0.1) is 0 Å².